The molecule has 1 heterocycles. The number of aromatic hydroxyl groups is 2. The smallest absolute Gasteiger partial charge is 0.202 e. The van der Waals surface area contributed by atoms with Crippen molar-refractivity contribution in [2.45, 2.75) is 32.5 Å². The summed E-state index contributed by atoms with van der Waals surface area (Å²) in [5, 5.41) is 31.1. The first-order valence-electron chi connectivity index (χ1n) is 8.05. The van der Waals surface area contributed by atoms with E-state index < -0.39 is 18.0 Å². The van der Waals surface area contributed by atoms with Crippen molar-refractivity contribution in [3.63, 3.8) is 0 Å². The van der Waals surface area contributed by atoms with Gasteiger partial charge in [0.1, 0.15) is 22.8 Å². The van der Waals surface area contributed by atoms with Crippen LogP contribution in [0.4, 0.5) is 0 Å². The number of Topliss-reactive ketones (excluding diaryl/α,β-unsaturated/α-hetero) is 1. The molecule has 0 fully saturated rings. The lowest BCUT2D eigenvalue weighted by molar-refractivity contribution is 0.0210. The van der Waals surface area contributed by atoms with Crippen LogP contribution < -0.4 is 4.74 Å². The van der Waals surface area contributed by atoms with Crippen molar-refractivity contribution in [3.05, 3.63) is 64.7 Å². The molecular formula is C20H20O5. The average molecular weight is 340 g/mol. The van der Waals surface area contributed by atoms with E-state index in [0.29, 0.717) is 5.56 Å². The second kappa shape index (κ2) is 6.61. The van der Waals surface area contributed by atoms with Crippen LogP contribution in [0.5, 0.6) is 17.2 Å². The molecule has 0 radical (unpaired) electrons. The van der Waals surface area contributed by atoms with Crippen LogP contribution in [-0.4, -0.2) is 27.2 Å². The first kappa shape index (κ1) is 17.0. The van der Waals surface area contributed by atoms with E-state index in [9.17, 15) is 20.1 Å². The highest BCUT2D eigenvalue weighted by Crippen LogP contribution is 2.44. The summed E-state index contributed by atoms with van der Waals surface area (Å²) in [5.41, 5.74) is 1.81. The normalized spacial score (nSPS) is 19.1. The largest absolute Gasteiger partial charge is 0.507 e. The number of ketones is 1. The monoisotopic (exact) mass is 340 g/mol. The Kier molecular flexibility index (Phi) is 4.51. The fraction of sp³-hybridized carbons (Fsp3) is 0.250. The number of aliphatic hydroxyl groups is 1. The van der Waals surface area contributed by atoms with Gasteiger partial charge in [0.25, 0.3) is 0 Å². The summed E-state index contributed by atoms with van der Waals surface area (Å²) < 4.78 is 5.74. The number of hydrogen-bond donors (Lipinski definition) is 3. The molecule has 25 heavy (non-hydrogen) atoms. The highest BCUT2D eigenvalue weighted by molar-refractivity contribution is 6.06. The molecule has 0 saturated carbocycles. The molecular weight excluding hydrogens is 320 g/mol. The predicted molar refractivity (Wildman–Crippen MR) is 93.1 cm³/mol. The van der Waals surface area contributed by atoms with Crippen molar-refractivity contribution in [3.8, 4) is 17.2 Å². The van der Waals surface area contributed by atoms with Gasteiger partial charge >= 0.3 is 0 Å². The standard InChI is InChI=1S/C20H20O5/c1-11(2)8-9-13-14(21)10-15-16(17(13)22)18(23)19(24)20(25-15)12-6-4-3-5-7-12/h3-8,10,19-22,24H,9H2,1-2H3. The van der Waals surface area contributed by atoms with Gasteiger partial charge in [-0.1, -0.05) is 42.0 Å². The van der Waals surface area contributed by atoms with Crippen LogP contribution in [0.1, 0.15) is 41.4 Å². The second-order valence-corrected chi connectivity index (χ2v) is 6.34. The third-order valence-corrected chi connectivity index (χ3v) is 4.24. The third-order valence-electron chi connectivity index (χ3n) is 4.24. The molecule has 2 aromatic carbocycles. The summed E-state index contributed by atoms with van der Waals surface area (Å²) in [6.45, 7) is 3.80. The summed E-state index contributed by atoms with van der Waals surface area (Å²) in [4.78, 5) is 12.6. The molecule has 0 aliphatic carbocycles. The predicted octanol–water partition coefficient (Wildman–Crippen LogP) is 3.28. The Hall–Kier alpha value is -2.79. The Morgan fingerprint density at radius 3 is 2.52 bits per heavy atom. The Morgan fingerprint density at radius 2 is 1.88 bits per heavy atom. The second-order valence-electron chi connectivity index (χ2n) is 6.34. The molecule has 0 aromatic heterocycles. The van der Waals surface area contributed by atoms with Crippen molar-refractivity contribution in [1.82, 2.24) is 0 Å². The molecule has 3 N–H and O–H groups in total. The quantitative estimate of drug-likeness (QED) is 0.747. The van der Waals surface area contributed by atoms with Crippen molar-refractivity contribution < 1.29 is 24.9 Å². The van der Waals surface area contributed by atoms with E-state index in [1.807, 2.05) is 26.0 Å². The minimum atomic E-state index is -1.43. The number of carbonyl (C=O) groups is 1. The molecule has 130 valence electrons. The molecule has 0 spiro atoms. The fourth-order valence-electron chi connectivity index (χ4n) is 2.89. The SMILES string of the molecule is CC(C)=CCc1c(O)cc2c(c1O)C(=O)C(O)C(c1ccccc1)O2. The maximum absolute atomic E-state index is 12.6. The molecule has 0 bridgehead atoms. The van der Waals surface area contributed by atoms with Gasteiger partial charge in [0.2, 0.25) is 5.78 Å². The number of ether oxygens (including phenoxy) is 1. The summed E-state index contributed by atoms with van der Waals surface area (Å²) in [5.74, 6) is -1.04. The van der Waals surface area contributed by atoms with Crippen molar-refractivity contribution in [1.29, 1.82) is 0 Å². The van der Waals surface area contributed by atoms with E-state index in [1.54, 1.807) is 24.3 Å². The first-order chi connectivity index (χ1) is 11.9. The Bertz CT molecular complexity index is 835. The molecule has 1 aliphatic heterocycles. The van der Waals surface area contributed by atoms with E-state index in [1.165, 1.54) is 6.07 Å². The van der Waals surface area contributed by atoms with Gasteiger partial charge in [-0.15, -0.1) is 0 Å². The van der Waals surface area contributed by atoms with Gasteiger partial charge in [-0.3, -0.25) is 4.79 Å². The maximum atomic E-state index is 12.6. The number of allylic oxidation sites excluding steroid dienone is 2. The first-order valence-corrected chi connectivity index (χ1v) is 8.05. The van der Waals surface area contributed by atoms with Crippen LogP contribution in [0.15, 0.2) is 48.0 Å². The number of rotatable bonds is 3. The lowest BCUT2D eigenvalue weighted by Crippen LogP contribution is -2.36. The van der Waals surface area contributed by atoms with Crippen molar-refractivity contribution >= 4 is 5.78 Å². The Balaban J connectivity index is 2.06. The van der Waals surface area contributed by atoms with E-state index in [0.717, 1.165) is 5.57 Å². The minimum absolute atomic E-state index is 0.0695. The number of fused-ring (bicyclic) bond motifs is 1. The maximum Gasteiger partial charge on any atom is 0.202 e. The van der Waals surface area contributed by atoms with Crippen molar-refractivity contribution in [2.75, 3.05) is 0 Å². The molecule has 1 aliphatic rings. The molecule has 5 heteroatoms. The van der Waals surface area contributed by atoms with Crippen LogP contribution in [0.25, 0.3) is 0 Å². The Labute approximate surface area is 145 Å². The number of aliphatic hydroxyl groups excluding tert-OH is 1. The fourth-order valence-corrected chi connectivity index (χ4v) is 2.89. The summed E-state index contributed by atoms with van der Waals surface area (Å²) >= 11 is 0. The molecule has 0 amide bonds. The van der Waals surface area contributed by atoms with Gasteiger partial charge in [0.05, 0.1) is 0 Å². The van der Waals surface area contributed by atoms with Crippen LogP contribution in [0.3, 0.4) is 0 Å². The topological polar surface area (TPSA) is 87.0 Å². The number of hydrogen-bond acceptors (Lipinski definition) is 5. The summed E-state index contributed by atoms with van der Waals surface area (Å²) in [6, 6.07) is 10.2. The van der Waals surface area contributed by atoms with Gasteiger partial charge in [0.15, 0.2) is 12.2 Å². The zero-order valence-electron chi connectivity index (χ0n) is 14.1. The van der Waals surface area contributed by atoms with Crippen LogP contribution in [0, 0.1) is 0 Å². The molecule has 5 nitrogen and oxygen atoms in total. The minimum Gasteiger partial charge on any atom is -0.507 e. The van der Waals surface area contributed by atoms with Crippen LogP contribution in [-0.2, 0) is 6.42 Å². The number of carbonyl (C=O) groups excluding carboxylic acids is 1. The van der Waals surface area contributed by atoms with Gasteiger partial charge < -0.3 is 20.1 Å². The molecule has 2 unspecified atom stereocenters. The lowest BCUT2D eigenvalue weighted by Gasteiger charge is -2.30. The average Bonchev–Trinajstić information content (AvgIpc) is 2.58. The van der Waals surface area contributed by atoms with Crippen LogP contribution >= 0.6 is 0 Å². The molecule has 2 aromatic rings. The van der Waals surface area contributed by atoms with Crippen LogP contribution in [0.2, 0.25) is 0 Å². The summed E-state index contributed by atoms with van der Waals surface area (Å²) in [6.07, 6.45) is -0.206. The third kappa shape index (κ3) is 3.10. The van der Waals surface area contributed by atoms with Gasteiger partial charge in [-0.05, 0) is 25.8 Å². The van der Waals surface area contributed by atoms with E-state index >= 15 is 0 Å². The molecule has 3 rings (SSSR count). The van der Waals surface area contributed by atoms with Gasteiger partial charge in [-0.25, -0.2) is 0 Å². The van der Waals surface area contributed by atoms with Crippen molar-refractivity contribution in [2.24, 2.45) is 0 Å². The Morgan fingerprint density at radius 1 is 1.20 bits per heavy atom. The van der Waals surface area contributed by atoms with E-state index in [4.69, 9.17) is 4.74 Å². The van der Waals surface area contributed by atoms with E-state index in [-0.39, 0.29) is 34.8 Å². The lowest BCUT2D eigenvalue weighted by atomic mass is 9.91. The summed E-state index contributed by atoms with van der Waals surface area (Å²) in [7, 11) is 0. The molecule has 2 atom stereocenters. The van der Waals surface area contributed by atoms with Gasteiger partial charge in [0, 0.05) is 11.6 Å². The number of benzene rings is 2. The zero-order valence-corrected chi connectivity index (χ0v) is 14.1. The highest BCUT2D eigenvalue weighted by Gasteiger charge is 2.39. The molecule has 0 saturated heterocycles. The number of phenolic OH excluding ortho intramolecular Hbond substituents is 2. The number of phenols is 2. The highest BCUT2D eigenvalue weighted by atomic mass is 16.5. The zero-order chi connectivity index (χ0) is 18.1. The van der Waals surface area contributed by atoms with Gasteiger partial charge in [-0.2, -0.15) is 0 Å². The van der Waals surface area contributed by atoms with E-state index in [2.05, 4.69) is 0 Å².